The zero-order valence-electron chi connectivity index (χ0n) is 10.4. The molecule has 7 nitrogen and oxygen atoms in total. The van der Waals surface area contributed by atoms with E-state index in [4.69, 9.17) is 11.5 Å². The molecule has 5 N–H and O–H groups in total. The molecule has 0 aromatic heterocycles. The second kappa shape index (κ2) is 6.95. The SMILES string of the molecule is NC(=O)CC(N)C(=O)NCCC(=O)N1CCCC1. The third-order valence-electron chi connectivity index (χ3n) is 2.85. The van der Waals surface area contributed by atoms with Crippen LogP contribution in [-0.4, -0.2) is 48.3 Å². The van der Waals surface area contributed by atoms with Crippen LogP contribution in [0.3, 0.4) is 0 Å². The van der Waals surface area contributed by atoms with E-state index >= 15 is 0 Å². The van der Waals surface area contributed by atoms with Crippen molar-refractivity contribution in [2.45, 2.75) is 31.7 Å². The molecule has 0 aromatic rings. The monoisotopic (exact) mass is 256 g/mol. The zero-order valence-corrected chi connectivity index (χ0v) is 10.4. The van der Waals surface area contributed by atoms with Crippen LogP contribution in [-0.2, 0) is 14.4 Å². The van der Waals surface area contributed by atoms with Crippen LogP contribution in [0.1, 0.15) is 25.7 Å². The maximum Gasteiger partial charge on any atom is 0.237 e. The van der Waals surface area contributed by atoms with E-state index < -0.39 is 17.9 Å². The summed E-state index contributed by atoms with van der Waals surface area (Å²) in [5, 5.41) is 2.52. The fourth-order valence-electron chi connectivity index (χ4n) is 1.86. The summed E-state index contributed by atoms with van der Waals surface area (Å²) in [6.45, 7) is 1.84. The van der Waals surface area contributed by atoms with Crippen LogP contribution in [0.25, 0.3) is 0 Å². The molecular formula is C11H20N4O3. The summed E-state index contributed by atoms with van der Waals surface area (Å²) in [4.78, 5) is 35.4. The molecule has 1 rings (SSSR count). The molecule has 1 heterocycles. The number of nitrogens with one attached hydrogen (secondary N) is 1. The van der Waals surface area contributed by atoms with Crippen molar-refractivity contribution in [1.82, 2.24) is 10.2 Å². The van der Waals surface area contributed by atoms with Crippen LogP contribution >= 0.6 is 0 Å². The summed E-state index contributed by atoms with van der Waals surface area (Å²) in [6.07, 6.45) is 2.16. The van der Waals surface area contributed by atoms with Gasteiger partial charge in [0.2, 0.25) is 17.7 Å². The topological polar surface area (TPSA) is 119 Å². The van der Waals surface area contributed by atoms with Gasteiger partial charge in [-0.3, -0.25) is 14.4 Å². The van der Waals surface area contributed by atoms with E-state index in [1.165, 1.54) is 0 Å². The van der Waals surface area contributed by atoms with E-state index in [9.17, 15) is 14.4 Å². The van der Waals surface area contributed by atoms with Crippen LogP contribution in [0.2, 0.25) is 0 Å². The first kappa shape index (κ1) is 14.4. The predicted molar refractivity (Wildman–Crippen MR) is 65.2 cm³/mol. The smallest absolute Gasteiger partial charge is 0.237 e. The molecule has 0 radical (unpaired) electrons. The fourth-order valence-corrected chi connectivity index (χ4v) is 1.86. The number of hydrogen-bond donors (Lipinski definition) is 3. The van der Waals surface area contributed by atoms with Crippen molar-refractivity contribution in [2.24, 2.45) is 11.5 Å². The summed E-state index contributed by atoms with van der Waals surface area (Å²) in [5.41, 5.74) is 10.4. The fraction of sp³-hybridized carbons (Fsp3) is 0.727. The molecule has 1 saturated heterocycles. The lowest BCUT2D eigenvalue weighted by atomic mass is 10.2. The average Bonchev–Trinajstić information content (AvgIpc) is 2.81. The van der Waals surface area contributed by atoms with Gasteiger partial charge in [0, 0.05) is 26.1 Å². The number of amides is 3. The zero-order chi connectivity index (χ0) is 13.5. The number of carbonyl (C=O) groups excluding carboxylic acids is 3. The van der Waals surface area contributed by atoms with Gasteiger partial charge in [0.15, 0.2) is 0 Å². The van der Waals surface area contributed by atoms with E-state index in [0.29, 0.717) is 0 Å². The van der Waals surface area contributed by atoms with E-state index in [1.807, 2.05) is 0 Å². The maximum atomic E-state index is 11.6. The first-order valence-electron chi connectivity index (χ1n) is 6.10. The van der Waals surface area contributed by atoms with Crippen molar-refractivity contribution in [3.05, 3.63) is 0 Å². The standard InChI is InChI=1S/C11H20N4O3/c12-8(7-9(13)16)11(18)14-4-3-10(17)15-5-1-2-6-15/h8H,1-7,12H2,(H2,13,16)(H,14,18). The van der Waals surface area contributed by atoms with Crippen LogP contribution in [0, 0.1) is 0 Å². The third kappa shape index (κ3) is 4.70. The van der Waals surface area contributed by atoms with Crippen molar-refractivity contribution >= 4 is 17.7 Å². The van der Waals surface area contributed by atoms with Gasteiger partial charge in [-0.05, 0) is 12.8 Å². The van der Waals surface area contributed by atoms with Crippen molar-refractivity contribution in [3.63, 3.8) is 0 Å². The number of carbonyl (C=O) groups is 3. The van der Waals surface area contributed by atoms with Crippen molar-refractivity contribution in [3.8, 4) is 0 Å². The van der Waals surface area contributed by atoms with Gasteiger partial charge in [-0.1, -0.05) is 0 Å². The minimum atomic E-state index is -0.940. The molecule has 18 heavy (non-hydrogen) atoms. The molecule has 0 saturated carbocycles. The second-order valence-electron chi connectivity index (χ2n) is 4.41. The molecule has 1 atom stereocenters. The third-order valence-corrected chi connectivity index (χ3v) is 2.85. The number of nitrogens with two attached hydrogens (primary N) is 2. The number of hydrogen-bond acceptors (Lipinski definition) is 4. The number of rotatable bonds is 6. The number of primary amides is 1. The predicted octanol–water partition coefficient (Wildman–Crippen LogP) is -1.68. The molecule has 0 spiro atoms. The van der Waals surface area contributed by atoms with E-state index in [0.717, 1.165) is 25.9 Å². The lowest BCUT2D eigenvalue weighted by Crippen LogP contribution is -2.44. The molecule has 0 aromatic carbocycles. The minimum absolute atomic E-state index is 0.0382. The van der Waals surface area contributed by atoms with Gasteiger partial charge in [0.05, 0.1) is 12.5 Å². The molecule has 102 valence electrons. The van der Waals surface area contributed by atoms with Crippen LogP contribution in [0.4, 0.5) is 0 Å². The average molecular weight is 256 g/mol. The Morgan fingerprint density at radius 2 is 1.83 bits per heavy atom. The van der Waals surface area contributed by atoms with Gasteiger partial charge in [-0.15, -0.1) is 0 Å². The molecule has 0 aliphatic carbocycles. The Morgan fingerprint density at radius 3 is 2.39 bits per heavy atom. The van der Waals surface area contributed by atoms with Crippen LogP contribution in [0.5, 0.6) is 0 Å². The molecule has 1 unspecified atom stereocenters. The van der Waals surface area contributed by atoms with E-state index in [1.54, 1.807) is 4.90 Å². The Balaban J connectivity index is 2.18. The van der Waals surface area contributed by atoms with E-state index in [-0.39, 0.29) is 25.3 Å². The van der Waals surface area contributed by atoms with Crippen molar-refractivity contribution < 1.29 is 14.4 Å². The van der Waals surface area contributed by atoms with Gasteiger partial charge in [-0.25, -0.2) is 0 Å². The Kier molecular flexibility index (Phi) is 5.57. The van der Waals surface area contributed by atoms with Gasteiger partial charge >= 0.3 is 0 Å². The summed E-state index contributed by atoms with van der Waals surface area (Å²) in [5.74, 6) is -1.04. The lowest BCUT2D eigenvalue weighted by Gasteiger charge is -2.15. The minimum Gasteiger partial charge on any atom is -0.370 e. The first-order chi connectivity index (χ1) is 8.50. The highest BCUT2D eigenvalue weighted by molar-refractivity contribution is 5.87. The summed E-state index contributed by atoms with van der Waals surface area (Å²) in [6, 6.07) is -0.940. The Hall–Kier alpha value is -1.63. The highest BCUT2D eigenvalue weighted by Gasteiger charge is 2.19. The van der Waals surface area contributed by atoms with Crippen molar-refractivity contribution in [1.29, 1.82) is 0 Å². The van der Waals surface area contributed by atoms with Crippen LogP contribution < -0.4 is 16.8 Å². The van der Waals surface area contributed by atoms with Crippen molar-refractivity contribution in [2.75, 3.05) is 19.6 Å². The Morgan fingerprint density at radius 1 is 1.22 bits per heavy atom. The molecule has 1 aliphatic rings. The Bertz CT molecular complexity index is 326. The highest BCUT2D eigenvalue weighted by atomic mass is 16.2. The summed E-state index contributed by atoms with van der Waals surface area (Å²) in [7, 11) is 0. The second-order valence-corrected chi connectivity index (χ2v) is 4.41. The van der Waals surface area contributed by atoms with E-state index in [2.05, 4.69) is 5.32 Å². The van der Waals surface area contributed by atoms with Crippen LogP contribution in [0.15, 0.2) is 0 Å². The summed E-state index contributed by atoms with van der Waals surface area (Å²) >= 11 is 0. The number of likely N-dealkylation sites (tertiary alicyclic amines) is 1. The maximum absolute atomic E-state index is 11.6. The highest BCUT2D eigenvalue weighted by Crippen LogP contribution is 2.08. The molecule has 1 fully saturated rings. The molecule has 7 heteroatoms. The number of nitrogens with zero attached hydrogens (tertiary/aromatic N) is 1. The molecule has 3 amide bonds. The van der Waals surface area contributed by atoms with Gasteiger partial charge in [0.25, 0.3) is 0 Å². The normalized spacial score (nSPS) is 16.4. The lowest BCUT2D eigenvalue weighted by molar-refractivity contribution is -0.130. The molecular weight excluding hydrogens is 236 g/mol. The van der Waals surface area contributed by atoms with Gasteiger partial charge < -0.3 is 21.7 Å². The van der Waals surface area contributed by atoms with Gasteiger partial charge in [-0.2, -0.15) is 0 Å². The quantitative estimate of drug-likeness (QED) is 0.525. The molecule has 0 bridgehead atoms. The first-order valence-corrected chi connectivity index (χ1v) is 6.10. The Labute approximate surface area is 106 Å². The summed E-state index contributed by atoms with van der Waals surface area (Å²) < 4.78 is 0. The van der Waals surface area contributed by atoms with Gasteiger partial charge in [0.1, 0.15) is 0 Å². The molecule has 1 aliphatic heterocycles. The largest absolute Gasteiger partial charge is 0.370 e.